The zero-order valence-corrected chi connectivity index (χ0v) is 11.5. The summed E-state index contributed by atoms with van der Waals surface area (Å²) in [5, 5.41) is 10.5. The molecule has 19 heavy (non-hydrogen) atoms. The summed E-state index contributed by atoms with van der Waals surface area (Å²) >= 11 is 0. The molecule has 2 unspecified atom stereocenters. The minimum atomic E-state index is -3.36. The van der Waals surface area contributed by atoms with Crippen LogP contribution in [0.3, 0.4) is 0 Å². The van der Waals surface area contributed by atoms with Crippen molar-refractivity contribution < 1.29 is 23.1 Å². The zero-order valence-electron chi connectivity index (χ0n) is 10.7. The van der Waals surface area contributed by atoms with Crippen molar-refractivity contribution in [2.24, 2.45) is 5.92 Å². The van der Waals surface area contributed by atoms with Gasteiger partial charge >= 0.3 is 5.97 Å². The highest BCUT2D eigenvalue weighted by Gasteiger charge is 2.39. The highest BCUT2D eigenvalue weighted by Crippen LogP contribution is 2.34. The number of hydrogen-bond acceptors (Lipinski definition) is 4. The largest absolute Gasteiger partial charge is 0.481 e. The smallest absolute Gasteiger partial charge is 0.305 e. The van der Waals surface area contributed by atoms with E-state index in [4.69, 9.17) is 5.11 Å². The molecule has 0 bridgehead atoms. The molecule has 1 saturated heterocycles. The third kappa shape index (κ3) is 3.68. The van der Waals surface area contributed by atoms with Gasteiger partial charge in [-0.15, -0.1) is 0 Å². The van der Waals surface area contributed by atoms with Gasteiger partial charge in [0.2, 0.25) is 5.91 Å². The molecule has 108 valence electrons. The first-order valence-corrected chi connectivity index (χ1v) is 8.35. The van der Waals surface area contributed by atoms with E-state index in [2.05, 4.69) is 5.32 Å². The quantitative estimate of drug-likeness (QED) is 0.759. The van der Waals surface area contributed by atoms with E-state index < -0.39 is 33.0 Å². The van der Waals surface area contributed by atoms with E-state index >= 15 is 0 Å². The maximum atomic E-state index is 12.1. The van der Waals surface area contributed by atoms with Gasteiger partial charge in [0.15, 0.2) is 9.84 Å². The van der Waals surface area contributed by atoms with Gasteiger partial charge in [0, 0.05) is 6.04 Å². The Hall–Kier alpha value is -1.11. The lowest BCUT2D eigenvalue weighted by Gasteiger charge is -2.24. The predicted molar refractivity (Wildman–Crippen MR) is 68.3 cm³/mol. The third-order valence-corrected chi connectivity index (χ3v) is 5.96. The molecule has 2 fully saturated rings. The minimum Gasteiger partial charge on any atom is -0.481 e. The van der Waals surface area contributed by atoms with Crippen LogP contribution in [0.25, 0.3) is 0 Å². The van der Waals surface area contributed by atoms with Crippen LogP contribution in [0, 0.1) is 5.92 Å². The molecule has 2 aliphatic rings. The van der Waals surface area contributed by atoms with Crippen LogP contribution in [0.4, 0.5) is 0 Å². The molecule has 1 saturated carbocycles. The van der Waals surface area contributed by atoms with Crippen molar-refractivity contribution in [2.75, 3.05) is 5.75 Å². The lowest BCUT2D eigenvalue weighted by atomic mass is 10.1. The number of carbonyl (C=O) groups is 2. The lowest BCUT2D eigenvalue weighted by Crippen LogP contribution is -2.47. The first-order valence-electron chi connectivity index (χ1n) is 6.64. The molecule has 0 aromatic rings. The monoisotopic (exact) mass is 289 g/mol. The van der Waals surface area contributed by atoms with E-state index in [1.54, 1.807) is 0 Å². The lowest BCUT2D eigenvalue weighted by molar-refractivity contribution is -0.137. The maximum absolute atomic E-state index is 12.1. The van der Waals surface area contributed by atoms with Crippen molar-refractivity contribution in [3.63, 3.8) is 0 Å². The minimum absolute atomic E-state index is 0.0537. The molecule has 2 rings (SSSR count). The summed E-state index contributed by atoms with van der Waals surface area (Å²) in [6, 6.07) is -0.429. The van der Waals surface area contributed by atoms with Crippen molar-refractivity contribution in [1.82, 2.24) is 5.32 Å². The predicted octanol–water partition coefficient (Wildman–Crippen LogP) is 0.323. The van der Waals surface area contributed by atoms with Gasteiger partial charge in [-0.2, -0.15) is 0 Å². The van der Waals surface area contributed by atoms with Crippen LogP contribution in [0.15, 0.2) is 0 Å². The van der Waals surface area contributed by atoms with E-state index in [-0.39, 0.29) is 18.1 Å². The summed E-state index contributed by atoms with van der Waals surface area (Å²) in [6.07, 6.45) is 3.34. The van der Waals surface area contributed by atoms with E-state index in [0.717, 1.165) is 19.3 Å². The average molecular weight is 289 g/mol. The van der Waals surface area contributed by atoms with Gasteiger partial charge in [-0.05, 0) is 31.6 Å². The molecule has 7 heteroatoms. The molecular formula is C12H19NO5S. The number of amides is 1. The van der Waals surface area contributed by atoms with Crippen molar-refractivity contribution in [2.45, 2.75) is 49.8 Å². The fourth-order valence-electron chi connectivity index (χ4n) is 2.55. The number of nitrogens with one attached hydrogen (secondary N) is 1. The van der Waals surface area contributed by atoms with Crippen LogP contribution < -0.4 is 5.32 Å². The molecule has 1 aliphatic heterocycles. The Morgan fingerprint density at radius 2 is 1.89 bits per heavy atom. The van der Waals surface area contributed by atoms with Crippen LogP contribution in [0.2, 0.25) is 0 Å². The summed E-state index contributed by atoms with van der Waals surface area (Å²) in [5.41, 5.74) is 0. The fraction of sp³-hybridized carbons (Fsp3) is 0.833. The average Bonchev–Trinajstić information content (AvgIpc) is 3.10. The molecule has 0 radical (unpaired) electrons. The van der Waals surface area contributed by atoms with Crippen molar-refractivity contribution in [3.8, 4) is 0 Å². The van der Waals surface area contributed by atoms with E-state index in [1.165, 1.54) is 0 Å². The second kappa shape index (κ2) is 5.48. The van der Waals surface area contributed by atoms with Gasteiger partial charge in [0.1, 0.15) is 5.25 Å². The second-order valence-corrected chi connectivity index (χ2v) is 7.70. The van der Waals surface area contributed by atoms with E-state index in [1.807, 2.05) is 0 Å². The molecular weight excluding hydrogens is 270 g/mol. The SMILES string of the molecule is O=C(O)CC(NC(=O)C1CCCCS1(=O)=O)C1CC1. The molecule has 0 aromatic carbocycles. The molecule has 2 N–H and O–H groups in total. The Labute approximate surface area is 112 Å². The van der Waals surface area contributed by atoms with Crippen LogP contribution in [-0.4, -0.2) is 42.4 Å². The summed E-state index contributed by atoms with van der Waals surface area (Å²) in [4.78, 5) is 22.8. The van der Waals surface area contributed by atoms with Gasteiger partial charge in [-0.25, -0.2) is 8.42 Å². The molecule has 6 nitrogen and oxygen atoms in total. The number of sulfone groups is 1. The maximum Gasteiger partial charge on any atom is 0.305 e. The number of rotatable bonds is 5. The van der Waals surface area contributed by atoms with Gasteiger partial charge in [0.05, 0.1) is 12.2 Å². The van der Waals surface area contributed by atoms with Crippen LogP contribution in [0.5, 0.6) is 0 Å². The van der Waals surface area contributed by atoms with Gasteiger partial charge in [-0.3, -0.25) is 9.59 Å². The number of carboxylic acid groups (broad SMARTS) is 1. The molecule has 2 atom stereocenters. The Balaban J connectivity index is 2.00. The number of carbonyl (C=O) groups excluding carboxylic acids is 1. The van der Waals surface area contributed by atoms with Crippen molar-refractivity contribution in [1.29, 1.82) is 0 Å². The van der Waals surface area contributed by atoms with Crippen LogP contribution >= 0.6 is 0 Å². The molecule has 0 spiro atoms. The number of hydrogen-bond donors (Lipinski definition) is 2. The summed E-state index contributed by atoms with van der Waals surface area (Å²) < 4.78 is 23.7. The molecule has 1 amide bonds. The fourth-order valence-corrected chi connectivity index (χ4v) is 4.36. The highest BCUT2D eigenvalue weighted by atomic mass is 32.2. The summed E-state index contributed by atoms with van der Waals surface area (Å²) in [6.45, 7) is 0. The Bertz CT molecular complexity index is 469. The third-order valence-electron chi connectivity index (χ3n) is 3.78. The number of carboxylic acids is 1. The van der Waals surface area contributed by atoms with Crippen LogP contribution in [-0.2, 0) is 19.4 Å². The molecule has 1 heterocycles. The van der Waals surface area contributed by atoms with Crippen LogP contribution in [0.1, 0.15) is 38.5 Å². The van der Waals surface area contributed by atoms with Gasteiger partial charge < -0.3 is 10.4 Å². The van der Waals surface area contributed by atoms with Crippen molar-refractivity contribution in [3.05, 3.63) is 0 Å². The number of aliphatic carboxylic acids is 1. The topological polar surface area (TPSA) is 101 Å². The zero-order chi connectivity index (χ0) is 14.0. The normalized spacial score (nSPS) is 27.5. The van der Waals surface area contributed by atoms with Gasteiger partial charge in [0.25, 0.3) is 0 Å². The second-order valence-electron chi connectivity index (χ2n) is 5.40. The summed E-state index contributed by atoms with van der Waals surface area (Å²) in [7, 11) is -3.36. The van der Waals surface area contributed by atoms with Crippen molar-refractivity contribution >= 4 is 21.7 Å². The Kier molecular flexibility index (Phi) is 4.13. The molecule has 1 aliphatic carbocycles. The van der Waals surface area contributed by atoms with Gasteiger partial charge in [-0.1, -0.05) is 6.42 Å². The van der Waals surface area contributed by atoms with E-state index in [0.29, 0.717) is 12.8 Å². The first-order chi connectivity index (χ1) is 8.90. The Morgan fingerprint density at radius 1 is 1.21 bits per heavy atom. The standard InChI is InChI=1S/C12H19NO5S/c14-11(15)7-9(8-4-5-8)13-12(16)10-3-1-2-6-19(10,17)18/h8-10H,1-7H2,(H,13,16)(H,14,15). The van der Waals surface area contributed by atoms with E-state index in [9.17, 15) is 18.0 Å². The molecule has 0 aromatic heterocycles. The first kappa shape index (κ1) is 14.3. The Morgan fingerprint density at radius 3 is 2.42 bits per heavy atom. The summed E-state index contributed by atoms with van der Waals surface area (Å²) in [5.74, 6) is -1.24. The highest BCUT2D eigenvalue weighted by molar-refractivity contribution is 7.92.